The minimum atomic E-state index is -4.54. The zero-order valence-electron chi connectivity index (χ0n) is 21.2. The maximum absolute atomic E-state index is 13.3. The van der Waals surface area contributed by atoms with E-state index in [4.69, 9.17) is 10.5 Å². The van der Waals surface area contributed by atoms with Gasteiger partial charge in [0.25, 0.3) is 0 Å². The molecule has 1 aromatic heterocycles. The minimum Gasteiger partial charge on any atom is -0.457 e. The quantitative estimate of drug-likeness (QED) is 0.351. The number of rotatable bonds is 7. The van der Waals surface area contributed by atoms with Crippen molar-refractivity contribution in [2.45, 2.75) is 51.2 Å². The Kier molecular flexibility index (Phi) is 7.56. The zero-order chi connectivity index (χ0) is 27.6. The first kappa shape index (κ1) is 26.7. The lowest BCUT2D eigenvalue weighted by Crippen LogP contribution is -2.28. The lowest BCUT2D eigenvalue weighted by atomic mass is 9.83. The number of pyridine rings is 1. The van der Waals surface area contributed by atoms with Crippen molar-refractivity contribution in [3.63, 3.8) is 0 Å². The van der Waals surface area contributed by atoms with Crippen molar-refractivity contribution < 1.29 is 27.5 Å². The molecule has 0 spiro atoms. The van der Waals surface area contributed by atoms with Gasteiger partial charge >= 0.3 is 6.18 Å². The summed E-state index contributed by atoms with van der Waals surface area (Å²) in [6, 6.07) is 12.4. The molecule has 1 atom stereocenters. The normalized spacial score (nSPS) is 17.1. The Morgan fingerprint density at radius 3 is 2.41 bits per heavy atom. The fourth-order valence-electron chi connectivity index (χ4n) is 4.89. The molecule has 2 aliphatic rings. The van der Waals surface area contributed by atoms with Crippen molar-refractivity contribution >= 4 is 23.3 Å². The van der Waals surface area contributed by atoms with Crippen LogP contribution in [-0.4, -0.2) is 16.8 Å². The highest BCUT2D eigenvalue weighted by Gasteiger charge is 2.32. The van der Waals surface area contributed by atoms with Crippen molar-refractivity contribution in [1.82, 2.24) is 4.98 Å². The van der Waals surface area contributed by atoms with Crippen molar-refractivity contribution in [2.75, 3.05) is 10.6 Å². The Morgan fingerprint density at radius 1 is 0.923 bits per heavy atom. The Balaban J connectivity index is 1.25. The highest BCUT2D eigenvalue weighted by molar-refractivity contribution is 5.93. The van der Waals surface area contributed by atoms with Gasteiger partial charge in [0.05, 0.1) is 5.56 Å². The van der Waals surface area contributed by atoms with E-state index in [2.05, 4.69) is 15.6 Å². The van der Waals surface area contributed by atoms with Crippen LogP contribution in [0.5, 0.6) is 11.5 Å². The Hall–Kier alpha value is -3.92. The van der Waals surface area contributed by atoms with E-state index < -0.39 is 17.7 Å². The summed E-state index contributed by atoms with van der Waals surface area (Å²) in [4.78, 5) is 29.5. The summed E-state index contributed by atoms with van der Waals surface area (Å²) in [7, 11) is 0. The number of anilines is 2. The number of nitrogens with one attached hydrogen (secondary N) is 2. The number of hydrogen-bond donors (Lipinski definition) is 3. The van der Waals surface area contributed by atoms with Crippen molar-refractivity contribution in [2.24, 2.45) is 17.6 Å². The number of fused-ring (bicyclic) bond motifs is 1. The molecule has 39 heavy (non-hydrogen) atoms. The lowest BCUT2D eigenvalue weighted by molar-refractivity contribution is -0.137. The second kappa shape index (κ2) is 11.1. The van der Waals surface area contributed by atoms with Gasteiger partial charge < -0.3 is 21.1 Å². The SMILES string of the molecule is NCc1cc(NC(=O)C2CCc3ccc(Oc4ccnc(NC(=O)C5CCC5)c4)cc3C2)cc(C(F)(F)F)c1. The number of aromatic nitrogens is 1. The highest BCUT2D eigenvalue weighted by Crippen LogP contribution is 2.34. The molecule has 5 rings (SSSR count). The third-order valence-corrected chi connectivity index (χ3v) is 7.29. The fourth-order valence-corrected chi connectivity index (χ4v) is 4.89. The Bertz CT molecular complexity index is 1390. The summed E-state index contributed by atoms with van der Waals surface area (Å²) in [5, 5.41) is 5.49. The second-order valence-corrected chi connectivity index (χ2v) is 10.1. The molecule has 1 unspecified atom stereocenters. The summed E-state index contributed by atoms with van der Waals surface area (Å²) >= 11 is 0. The van der Waals surface area contributed by atoms with Crippen LogP contribution in [0.25, 0.3) is 0 Å². The van der Waals surface area contributed by atoms with Gasteiger partial charge in [0.2, 0.25) is 11.8 Å². The van der Waals surface area contributed by atoms with E-state index >= 15 is 0 Å². The first-order chi connectivity index (χ1) is 18.7. The Labute approximate surface area is 224 Å². The minimum absolute atomic E-state index is 0.0339. The van der Waals surface area contributed by atoms with Gasteiger partial charge in [0, 0.05) is 36.3 Å². The van der Waals surface area contributed by atoms with Crippen molar-refractivity contribution in [1.29, 1.82) is 0 Å². The summed E-state index contributed by atoms with van der Waals surface area (Å²) in [6.07, 6.45) is 1.55. The number of ether oxygens (including phenoxy) is 1. The molecule has 2 aromatic carbocycles. The van der Waals surface area contributed by atoms with Gasteiger partial charge in [-0.05, 0) is 85.2 Å². The number of aryl methyl sites for hydroxylation is 1. The van der Waals surface area contributed by atoms with E-state index in [1.807, 2.05) is 18.2 Å². The van der Waals surface area contributed by atoms with Crippen LogP contribution >= 0.6 is 0 Å². The van der Waals surface area contributed by atoms with Gasteiger partial charge in [-0.25, -0.2) is 4.98 Å². The molecule has 2 aliphatic carbocycles. The van der Waals surface area contributed by atoms with Crippen LogP contribution in [0.1, 0.15) is 47.9 Å². The predicted octanol–water partition coefficient (Wildman–Crippen LogP) is 5.83. The third-order valence-electron chi connectivity index (χ3n) is 7.29. The van der Waals surface area contributed by atoms with Crippen molar-refractivity contribution in [3.8, 4) is 11.5 Å². The van der Waals surface area contributed by atoms with Crippen LogP contribution < -0.4 is 21.1 Å². The third kappa shape index (κ3) is 6.39. The first-order valence-corrected chi connectivity index (χ1v) is 13.0. The molecular weight excluding hydrogens is 509 g/mol. The molecule has 10 heteroatoms. The molecule has 0 radical (unpaired) electrons. The summed E-state index contributed by atoms with van der Waals surface area (Å²) in [5.74, 6) is 0.772. The molecule has 0 bridgehead atoms. The number of amides is 2. The number of hydrogen-bond acceptors (Lipinski definition) is 5. The topological polar surface area (TPSA) is 106 Å². The van der Waals surface area contributed by atoms with Crippen LogP contribution in [0, 0.1) is 11.8 Å². The van der Waals surface area contributed by atoms with Gasteiger partial charge in [-0.3, -0.25) is 9.59 Å². The fraction of sp³-hybridized carbons (Fsp3) is 0.345. The number of alkyl halides is 3. The van der Waals surface area contributed by atoms with E-state index in [0.717, 1.165) is 42.5 Å². The van der Waals surface area contributed by atoms with Crippen LogP contribution in [-0.2, 0) is 35.2 Å². The largest absolute Gasteiger partial charge is 0.457 e. The molecule has 7 nitrogen and oxygen atoms in total. The second-order valence-electron chi connectivity index (χ2n) is 10.1. The summed E-state index contributed by atoms with van der Waals surface area (Å²) < 4.78 is 45.8. The number of benzene rings is 2. The van der Waals surface area contributed by atoms with Crippen LogP contribution in [0.2, 0.25) is 0 Å². The molecule has 4 N–H and O–H groups in total. The van der Waals surface area contributed by atoms with Gasteiger partial charge in [0.15, 0.2) is 0 Å². The highest BCUT2D eigenvalue weighted by atomic mass is 19.4. The molecule has 2 amide bonds. The molecule has 3 aromatic rings. The van der Waals surface area contributed by atoms with Gasteiger partial charge in [-0.1, -0.05) is 12.5 Å². The van der Waals surface area contributed by atoms with E-state index in [1.54, 1.807) is 18.3 Å². The standard InChI is InChI=1S/C29H29F3N4O3/c30-29(31,32)22-10-17(16-33)11-23(14-22)35-28(38)20-5-4-18-6-7-24(13-21(18)12-20)39-25-8-9-34-26(15-25)36-27(37)19-2-1-3-19/h6-11,13-15,19-20H,1-5,12,16,33H2,(H,35,38)(H,34,36,37). The van der Waals surface area contributed by atoms with Gasteiger partial charge in [0.1, 0.15) is 17.3 Å². The summed E-state index contributed by atoms with van der Waals surface area (Å²) in [5.41, 5.74) is 7.12. The van der Waals surface area contributed by atoms with E-state index in [-0.39, 0.29) is 35.5 Å². The van der Waals surface area contributed by atoms with Crippen LogP contribution in [0.15, 0.2) is 54.7 Å². The zero-order valence-corrected chi connectivity index (χ0v) is 21.2. The molecule has 1 heterocycles. The number of carbonyl (C=O) groups excluding carboxylic acids is 2. The average molecular weight is 539 g/mol. The van der Waals surface area contributed by atoms with Gasteiger partial charge in [-0.15, -0.1) is 0 Å². The molecule has 1 saturated carbocycles. The predicted molar refractivity (Wildman–Crippen MR) is 140 cm³/mol. The molecule has 0 aliphatic heterocycles. The van der Waals surface area contributed by atoms with Crippen molar-refractivity contribution in [3.05, 3.63) is 77.0 Å². The Morgan fingerprint density at radius 2 is 1.69 bits per heavy atom. The smallest absolute Gasteiger partial charge is 0.416 e. The van der Waals surface area contributed by atoms with Gasteiger partial charge in [-0.2, -0.15) is 13.2 Å². The number of halogens is 3. The first-order valence-electron chi connectivity index (χ1n) is 13.0. The number of nitrogens with zero attached hydrogens (tertiary/aromatic N) is 1. The summed E-state index contributed by atoms with van der Waals surface area (Å²) in [6.45, 7) is -0.0712. The number of carbonyl (C=O) groups is 2. The monoisotopic (exact) mass is 538 g/mol. The molecular formula is C29H29F3N4O3. The maximum Gasteiger partial charge on any atom is 0.416 e. The van der Waals surface area contributed by atoms with E-state index in [1.165, 1.54) is 6.07 Å². The van der Waals surface area contributed by atoms with Crippen LogP contribution in [0.3, 0.4) is 0 Å². The average Bonchev–Trinajstić information content (AvgIpc) is 2.86. The lowest BCUT2D eigenvalue weighted by Gasteiger charge is -2.25. The molecule has 1 fully saturated rings. The molecule has 0 saturated heterocycles. The van der Waals surface area contributed by atoms with E-state index in [0.29, 0.717) is 36.6 Å². The van der Waals surface area contributed by atoms with E-state index in [9.17, 15) is 22.8 Å². The maximum atomic E-state index is 13.3. The molecule has 204 valence electrons. The number of nitrogens with two attached hydrogens (primary N) is 1. The van der Waals surface area contributed by atoms with Crippen LogP contribution in [0.4, 0.5) is 24.7 Å².